The Labute approximate surface area is 638 Å². The first-order valence-electron chi connectivity index (χ1n) is 36.5. The van der Waals surface area contributed by atoms with Crippen LogP contribution in [0.2, 0.25) is 0 Å². The maximum absolute atomic E-state index is 14.9. The Morgan fingerprint density at radius 1 is 0.495 bits per heavy atom. The van der Waals surface area contributed by atoms with Crippen LogP contribution in [0.15, 0.2) is 122 Å². The first-order chi connectivity index (χ1) is 53.5. The van der Waals surface area contributed by atoms with Crippen molar-refractivity contribution in [3.63, 3.8) is 0 Å². The van der Waals surface area contributed by atoms with Crippen molar-refractivity contribution in [2.45, 2.75) is 159 Å². The minimum Gasteiger partial charge on any atom is -0.497 e. The van der Waals surface area contributed by atoms with Crippen LogP contribution in [0.5, 0.6) is 34.5 Å². The molecule has 4 amide bonds. The van der Waals surface area contributed by atoms with Crippen LogP contribution >= 0.6 is 0 Å². The Bertz CT molecular complexity index is 4440. The number of ketones is 2. The molecule has 6 aromatic rings. The number of methoxy groups -OCH3 is 3. The summed E-state index contributed by atoms with van der Waals surface area (Å²) in [7, 11) is 4.42. The van der Waals surface area contributed by atoms with Crippen molar-refractivity contribution >= 4 is 58.1 Å². The molecule has 6 heterocycles. The van der Waals surface area contributed by atoms with Gasteiger partial charge in [-0.1, -0.05) is 54.1 Å². The smallest absolute Gasteiger partial charge is 0.416 e. The van der Waals surface area contributed by atoms with Gasteiger partial charge in [0.2, 0.25) is 12.6 Å². The Balaban J connectivity index is 0.756. The van der Waals surface area contributed by atoms with Crippen molar-refractivity contribution in [3.8, 4) is 34.5 Å². The molecule has 0 saturated carbocycles. The lowest BCUT2D eigenvalue weighted by molar-refractivity contribution is -0.242. The number of fused-ring (bicyclic) bond motifs is 4. The summed E-state index contributed by atoms with van der Waals surface area (Å²) in [5.74, 6) is 4.36. The van der Waals surface area contributed by atoms with Crippen LogP contribution in [0.3, 0.4) is 0 Å². The minimum atomic E-state index is -1.71. The van der Waals surface area contributed by atoms with Gasteiger partial charge in [0.15, 0.2) is 35.5 Å². The maximum Gasteiger partial charge on any atom is 0.416 e. The van der Waals surface area contributed by atoms with Crippen molar-refractivity contribution in [1.29, 1.82) is 0 Å². The SMILES string of the molecule is COCCCC(=O)c1cc(COC(=O)N2c3cc(OCCCCCOc4cc5c(cc4C)C(=O)N4C=C(c6ccc(OC)cc6)C[C@H]4C(O)N5C(=O)OCc4ccc(O[C@@H]5OC[C@@H](O)[C@H](O)[C@H]5O)c(C(=O)CCCON)c4)c(OC)cc3C(=O)N3C=C(c4ccc(C)cc4)C[C@H]3C2O)ccc1O[C@@H]1OC[C@@H](O)[C@H](O)[C@H]1O. The summed E-state index contributed by atoms with van der Waals surface area (Å²) < 4.78 is 63.8. The fraction of sp³-hybridized carbons (Fsp3) is 0.425. The molecule has 12 atom stereocenters. The fourth-order valence-corrected chi connectivity index (χ4v) is 14.0. The number of hydrogen-bond acceptors (Lipinski definition) is 27. The number of aliphatic hydroxyl groups is 8. The van der Waals surface area contributed by atoms with Gasteiger partial charge in [-0.2, -0.15) is 0 Å². The van der Waals surface area contributed by atoms with E-state index < -0.39 is 123 Å². The van der Waals surface area contributed by atoms with Crippen molar-refractivity contribution in [1.82, 2.24) is 9.80 Å². The minimum absolute atomic E-state index is 0.00752. The van der Waals surface area contributed by atoms with Crippen molar-refractivity contribution in [3.05, 3.63) is 177 Å². The van der Waals surface area contributed by atoms with Crippen molar-refractivity contribution in [2.75, 3.05) is 70.8 Å². The van der Waals surface area contributed by atoms with Gasteiger partial charge in [0.1, 0.15) is 72.8 Å². The van der Waals surface area contributed by atoms with Crippen LogP contribution in [-0.4, -0.2) is 221 Å². The van der Waals surface area contributed by atoms with Gasteiger partial charge in [-0.25, -0.2) is 25.3 Å². The van der Waals surface area contributed by atoms with Gasteiger partial charge in [-0.15, -0.1) is 0 Å². The lowest BCUT2D eigenvalue weighted by atomic mass is 10.0. The summed E-state index contributed by atoms with van der Waals surface area (Å²) >= 11 is 0. The number of aliphatic hydroxyl groups excluding tert-OH is 8. The first kappa shape index (κ1) is 80.4. The van der Waals surface area contributed by atoms with Crippen molar-refractivity contribution in [2.24, 2.45) is 5.90 Å². The normalized spacial score (nSPS) is 23.4. The zero-order chi connectivity index (χ0) is 78.9. The zero-order valence-electron chi connectivity index (χ0n) is 61.8. The average molecular weight is 1540 g/mol. The molecule has 0 spiro atoms. The number of anilines is 2. The number of aryl methyl sites for hydroxylation is 2. The zero-order valence-corrected chi connectivity index (χ0v) is 61.8. The molecule has 2 saturated heterocycles. The summed E-state index contributed by atoms with van der Waals surface area (Å²) in [5.41, 5.74) is 5.04. The molecule has 6 aromatic carbocycles. The highest BCUT2D eigenvalue weighted by Crippen LogP contribution is 2.46. The summed E-state index contributed by atoms with van der Waals surface area (Å²) in [6.45, 7) is 2.53. The van der Waals surface area contributed by atoms with E-state index in [1.54, 1.807) is 37.5 Å². The molecule has 12 rings (SSSR count). The molecule has 0 bridgehead atoms. The van der Waals surface area contributed by atoms with E-state index >= 15 is 0 Å². The van der Waals surface area contributed by atoms with E-state index in [0.29, 0.717) is 48.1 Å². The van der Waals surface area contributed by atoms with E-state index in [0.717, 1.165) is 32.1 Å². The molecule has 31 nitrogen and oxygen atoms in total. The van der Waals surface area contributed by atoms with Crippen LogP contribution in [0.4, 0.5) is 21.0 Å². The van der Waals surface area contributed by atoms with E-state index in [4.69, 9.17) is 58.0 Å². The second-order valence-corrected chi connectivity index (χ2v) is 27.8. The molecule has 111 heavy (non-hydrogen) atoms. The van der Waals surface area contributed by atoms with Gasteiger partial charge in [0.05, 0.1) is 93.0 Å². The standard InChI is InChI=1S/C80H91N5O26/c1-43-13-17-47(18-14-43)49-32-59-76(97)85(80(99)108-40-45-15-23-64(54(30-45)60(86)11-9-25-100-3)110-77-71(92)69(90)62(88)41-105-77)57-36-68(67(102-5)34-53(57)74(95)83(59)37-49)104-27-8-6-7-26-103-66-35-56-52(29-44(66)2)73(94)82-38-50(48-19-21-51(101-4)22-20-48)33-58(82)75(96)84(56)79(98)107-39-46-16-24-65(55(31-46)61(87)12-10-28-109-81)111-78-72(93)70(91)63(89)42-106-78/h13-24,29-31,34-38,58-59,62-63,69-72,75-78,88-93,96-97H,6-12,25-28,32-33,39-42,81H2,1-5H3/t58-,59-,62+,63+,69-,70-,71+,72+,75?,76?,77-,78-/m0/s1. The highest BCUT2D eigenvalue weighted by Gasteiger charge is 2.49. The third-order valence-electron chi connectivity index (χ3n) is 20.2. The summed E-state index contributed by atoms with van der Waals surface area (Å²) in [6.07, 6.45) is -12.4. The molecule has 10 N–H and O–H groups in total. The average Bonchev–Trinajstić information content (AvgIpc) is 1.61. The number of nitrogens with two attached hydrogens (primary N) is 1. The van der Waals surface area contributed by atoms with Crippen LogP contribution in [0, 0.1) is 13.8 Å². The number of Topliss-reactive ketones (excluding diaryl/α,β-unsaturated/α-hetero) is 2. The Morgan fingerprint density at radius 2 is 0.964 bits per heavy atom. The van der Waals surface area contributed by atoms with E-state index in [-0.39, 0.29) is 140 Å². The number of carbonyl (C=O) groups excluding carboxylic acids is 6. The van der Waals surface area contributed by atoms with Crippen molar-refractivity contribution < 1.29 is 127 Å². The largest absolute Gasteiger partial charge is 0.497 e. The molecule has 31 heteroatoms. The quantitative estimate of drug-likeness (QED) is 0.0132. The highest BCUT2D eigenvalue weighted by atomic mass is 16.7. The first-order valence-corrected chi connectivity index (χ1v) is 36.5. The van der Waals surface area contributed by atoms with Crippen LogP contribution < -0.4 is 44.1 Å². The van der Waals surface area contributed by atoms with Gasteiger partial charge in [0.25, 0.3) is 11.8 Å². The molecule has 0 radical (unpaired) electrons. The number of benzene rings is 6. The second kappa shape index (κ2) is 35.9. The van der Waals surface area contributed by atoms with Gasteiger partial charge in [-0.3, -0.25) is 19.2 Å². The highest BCUT2D eigenvalue weighted by molar-refractivity contribution is 6.08. The third-order valence-corrected chi connectivity index (χ3v) is 20.2. The fourth-order valence-electron chi connectivity index (χ4n) is 14.0. The topological polar surface area (TPSA) is 414 Å². The molecule has 592 valence electrons. The number of hydrogen-bond donors (Lipinski definition) is 9. The second-order valence-electron chi connectivity index (χ2n) is 27.8. The van der Waals surface area contributed by atoms with E-state index in [1.165, 1.54) is 85.7 Å². The molecule has 6 aliphatic heterocycles. The Kier molecular flexibility index (Phi) is 26.0. The number of amides is 4. The lowest BCUT2D eigenvalue weighted by Crippen LogP contribution is -2.54. The van der Waals surface area contributed by atoms with Crippen LogP contribution in [-0.2, 0) is 41.7 Å². The third kappa shape index (κ3) is 17.8. The Hall–Kier alpha value is -10.1. The van der Waals surface area contributed by atoms with E-state index in [1.807, 2.05) is 43.3 Å². The lowest BCUT2D eigenvalue weighted by Gasteiger charge is -2.35. The summed E-state index contributed by atoms with van der Waals surface area (Å²) in [5, 5.41) is 87.2. The summed E-state index contributed by atoms with van der Waals surface area (Å²) in [4.78, 5) is 96.4. The predicted octanol–water partition coefficient (Wildman–Crippen LogP) is 6.51. The number of ether oxygens (including phenoxy) is 11. The predicted molar refractivity (Wildman–Crippen MR) is 394 cm³/mol. The van der Waals surface area contributed by atoms with E-state index in [9.17, 15) is 69.6 Å². The van der Waals surface area contributed by atoms with Gasteiger partial charge in [0, 0.05) is 51.1 Å². The Morgan fingerprint density at radius 3 is 1.44 bits per heavy atom. The van der Waals surface area contributed by atoms with Crippen LogP contribution in [0.25, 0.3) is 11.1 Å². The monoisotopic (exact) mass is 1540 g/mol. The maximum atomic E-state index is 14.9. The number of carbonyl (C=O) groups is 6. The molecule has 2 unspecified atom stereocenters. The number of rotatable bonds is 30. The van der Waals surface area contributed by atoms with Crippen LogP contribution in [0.1, 0.15) is 133 Å². The van der Waals surface area contributed by atoms with Gasteiger partial charge < -0.3 is 108 Å². The summed E-state index contributed by atoms with van der Waals surface area (Å²) in [6, 6.07) is 27.4. The molecule has 0 aromatic heterocycles. The molecule has 2 fully saturated rings. The van der Waals surface area contributed by atoms with Gasteiger partial charge in [-0.05, 0) is 146 Å². The molecule has 6 aliphatic rings. The number of unbranched alkanes of at least 4 members (excludes halogenated alkanes) is 2. The van der Waals surface area contributed by atoms with Gasteiger partial charge >= 0.3 is 12.2 Å². The molecule has 0 aliphatic carbocycles. The number of nitrogens with zero attached hydrogens (tertiary/aromatic N) is 4. The van der Waals surface area contributed by atoms with E-state index in [2.05, 4.69) is 4.84 Å². The molecular formula is C80H91N5O26. The molecular weight excluding hydrogens is 1450 g/mol.